The summed E-state index contributed by atoms with van der Waals surface area (Å²) in [6.07, 6.45) is -0.649. The molecule has 0 fully saturated rings. The first-order valence-corrected chi connectivity index (χ1v) is 8.24. The van der Waals surface area contributed by atoms with Crippen molar-refractivity contribution in [1.29, 1.82) is 0 Å². The van der Waals surface area contributed by atoms with Crippen LogP contribution >= 0.6 is 0 Å². The predicted molar refractivity (Wildman–Crippen MR) is 93.6 cm³/mol. The highest BCUT2D eigenvalue weighted by molar-refractivity contribution is 5.96. The smallest absolute Gasteiger partial charge is 0.318 e. The number of imide groups is 1. The van der Waals surface area contributed by atoms with Crippen LogP contribution in [0.2, 0.25) is 0 Å². The van der Waals surface area contributed by atoms with E-state index in [0.29, 0.717) is 17.7 Å². The number of rotatable bonds is 9. The highest BCUT2D eigenvalue weighted by Crippen LogP contribution is 2.14. The van der Waals surface area contributed by atoms with E-state index in [1.54, 1.807) is 38.1 Å². The van der Waals surface area contributed by atoms with Crippen LogP contribution in [0.4, 0.5) is 4.79 Å². The Bertz CT molecular complexity index is 654. The van der Waals surface area contributed by atoms with Crippen LogP contribution < -0.4 is 15.8 Å². The Labute approximate surface area is 152 Å². The first kappa shape index (κ1) is 21.1. The first-order valence-electron chi connectivity index (χ1n) is 8.24. The molecule has 0 aromatic heterocycles. The summed E-state index contributed by atoms with van der Waals surface area (Å²) in [7, 11) is 0. The minimum Gasteiger partial charge on any atom is -0.494 e. The third kappa shape index (κ3) is 7.33. The lowest BCUT2D eigenvalue weighted by Crippen LogP contribution is -2.45. The van der Waals surface area contributed by atoms with E-state index in [1.807, 2.05) is 5.32 Å². The summed E-state index contributed by atoms with van der Waals surface area (Å²) >= 11 is 0. The number of nitrogens with two attached hydrogens (primary N) is 1. The highest BCUT2D eigenvalue weighted by Gasteiger charge is 2.27. The van der Waals surface area contributed by atoms with E-state index in [1.165, 1.54) is 6.92 Å². The lowest BCUT2D eigenvalue weighted by Gasteiger charge is -2.19. The Morgan fingerprint density at radius 3 is 2.23 bits per heavy atom. The van der Waals surface area contributed by atoms with E-state index in [-0.39, 0.29) is 24.7 Å². The van der Waals surface area contributed by atoms with E-state index >= 15 is 0 Å². The maximum absolute atomic E-state index is 11.9. The van der Waals surface area contributed by atoms with Gasteiger partial charge in [-0.3, -0.25) is 19.7 Å². The largest absolute Gasteiger partial charge is 0.494 e. The number of nitrogens with one attached hydrogen (secondary N) is 1. The van der Waals surface area contributed by atoms with Gasteiger partial charge in [0.05, 0.1) is 6.61 Å². The van der Waals surface area contributed by atoms with E-state index in [2.05, 4.69) is 0 Å². The van der Waals surface area contributed by atoms with E-state index in [0.717, 1.165) is 0 Å². The van der Waals surface area contributed by atoms with Crippen LogP contribution in [0, 0.1) is 5.92 Å². The molecule has 142 valence electrons. The summed E-state index contributed by atoms with van der Waals surface area (Å²) in [4.78, 5) is 45.6. The number of amides is 3. The molecule has 0 aliphatic rings. The molecule has 1 atom stereocenters. The van der Waals surface area contributed by atoms with Crippen molar-refractivity contribution in [3.8, 4) is 5.75 Å². The van der Waals surface area contributed by atoms with Gasteiger partial charge in [-0.05, 0) is 43.5 Å². The van der Waals surface area contributed by atoms with Crippen molar-refractivity contribution in [2.45, 2.75) is 39.7 Å². The lowest BCUT2D eigenvalue weighted by molar-refractivity contribution is -0.158. The molecule has 0 aliphatic heterocycles. The first-order chi connectivity index (χ1) is 12.2. The van der Waals surface area contributed by atoms with Gasteiger partial charge in [-0.15, -0.1) is 0 Å². The molecule has 0 aliphatic carbocycles. The second-order valence-electron chi connectivity index (χ2n) is 6.04. The van der Waals surface area contributed by atoms with Gasteiger partial charge in [0.2, 0.25) is 0 Å². The maximum Gasteiger partial charge on any atom is 0.318 e. The number of carbonyl (C=O) groups is 4. The van der Waals surface area contributed by atoms with Crippen molar-refractivity contribution >= 4 is 23.7 Å². The van der Waals surface area contributed by atoms with Crippen molar-refractivity contribution < 1.29 is 28.7 Å². The fourth-order valence-corrected chi connectivity index (χ4v) is 2.08. The Kier molecular flexibility index (Phi) is 8.27. The zero-order valence-electron chi connectivity index (χ0n) is 15.1. The minimum atomic E-state index is -1.09. The molecule has 26 heavy (non-hydrogen) atoms. The number of Topliss-reactive ketones (excluding diaryl/α,β-unsaturated/α-hetero) is 1. The highest BCUT2D eigenvalue weighted by atomic mass is 16.5. The Morgan fingerprint density at radius 2 is 1.73 bits per heavy atom. The van der Waals surface area contributed by atoms with E-state index in [4.69, 9.17) is 15.2 Å². The Hall–Kier alpha value is -2.90. The SMILES string of the molecule is CC(=O)c1ccc(OCCCC(=O)O[C@H](C(=O)NC(N)=O)C(C)C)cc1. The molecule has 8 nitrogen and oxygen atoms in total. The van der Waals surface area contributed by atoms with E-state index < -0.39 is 24.0 Å². The average molecular weight is 364 g/mol. The molecule has 0 spiro atoms. The molecule has 3 N–H and O–H groups in total. The number of hydrogen-bond acceptors (Lipinski definition) is 6. The maximum atomic E-state index is 11.9. The van der Waals surface area contributed by atoms with Gasteiger partial charge in [-0.25, -0.2) is 4.79 Å². The molecule has 0 bridgehead atoms. The summed E-state index contributed by atoms with van der Waals surface area (Å²) in [5, 5.41) is 1.90. The van der Waals surface area contributed by atoms with Gasteiger partial charge < -0.3 is 15.2 Å². The second kappa shape index (κ2) is 10.2. The number of primary amides is 1. The number of ether oxygens (including phenoxy) is 2. The molecule has 0 radical (unpaired) electrons. The summed E-state index contributed by atoms with van der Waals surface area (Å²) in [6, 6.07) is 5.68. The summed E-state index contributed by atoms with van der Waals surface area (Å²) in [5.41, 5.74) is 5.49. The molecule has 1 aromatic rings. The van der Waals surface area contributed by atoms with Crippen LogP contribution in [-0.2, 0) is 14.3 Å². The second-order valence-corrected chi connectivity index (χ2v) is 6.04. The molecule has 0 heterocycles. The number of hydrogen-bond donors (Lipinski definition) is 2. The van der Waals surface area contributed by atoms with Gasteiger partial charge in [0.25, 0.3) is 5.91 Å². The van der Waals surface area contributed by atoms with Crippen LogP contribution in [0.5, 0.6) is 5.75 Å². The standard InChI is InChI=1S/C18H24N2O6/c1-11(2)16(17(23)20-18(19)24)26-15(22)5-4-10-25-14-8-6-13(7-9-14)12(3)21/h6-9,11,16H,4-5,10H2,1-3H3,(H3,19,20,23,24)/t16-/m0/s1. The minimum absolute atomic E-state index is 0.0284. The average Bonchev–Trinajstić information content (AvgIpc) is 2.56. The van der Waals surface area contributed by atoms with Crippen LogP contribution in [0.1, 0.15) is 44.0 Å². The third-order valence-corrected chi connectivity index (χ3v) is 3.42. The van der Waals surface area contributed by atoms with Gasteiger partial charge in [0, 0.05) is 12.0 Å². The van der Waals surface area contributed by atoms with Crippen molar-refractivity contribution in [2.75, 3.05) is 6.61 Å². The molecule has 0 saturated heterocycles. The molecule has 8 heteroatoms. The van der Waals surface area contributed by atoms with Crippen LogP contribution in [0.3, 0.4) is 0 Å². The number of esters is 1. The molecular formula is C18H24N2O6. The van der Waals surface area contributed by atoms with Crippen LogP contribution in [-0.4, -0.2) is 36.4 Å². The van der Waals surface area contributed by atoms with Crippen LogP contribution in [0.25, 0.3) is 0 Å². The zero-order chi connectivity index (χ0) is 19.7. The summed E-state index contributed by atoms with van der Waals surface area (Å²) in [6.45, 7) is 5.13. The molecular weight excluding hydrogens is 340 g/mol. The molecule has 3 amide bonds. The number of ketones is 1. The quantitative estimate of drug-likeness (QED) is 0.391. The number of benzene rings is 1. The summed E-state index contributed by atoms with van der Waals surface area (Å²) in [5.74, 6) is -1.07. The van der Waals surface area contributed by atoms with Gasteiger partial charge in [0.15, 0.2) is 11.9 Å². The zero-order valence-corrected chi connectivity index (χ0v) is 15.1. The van der Waals surface area contributed by atoms with Crippen molar-refractivity contribution in [1.82, 2.24) is 5.32 Å². The lowest BCUT2D eigenvalue weighted by atomic mass is 10.1. The molecule has 1 aromatic carbocycles. The van der Waals surface area contributed by atoms with Gasteiger partial charge in [-0.2, -0.15) is 0 Å². The molecule has 1 rings (SSSR count). The van der Waals surface area contributed by atoms with Crippen molar-refractivity contribution in [2.24, 2.45) is 11.7 Å². The molecule has 0 saturated carbocycles. The Morgan fingerprint density at radius 1 is 1.12 bits per heavy atom. The predicted octanol–water partition coefficient (Wildman–Crippen LogP) is 1.81. The fraction of sp³-hybridized carbons (Fsp3) is 0.444. The van der Waals surface area contributed by atoms with Gasteiger partial charge in [0.1, 0.15) is 5.75 Å². The normalized spacial score (nSPS) is 11.5. The van der Waals surface area contributed by atoms with Gasteiger partial charge in [-0.1, -0.05) is 13.8 Å². The van der Waals surface area contributed by atoms with Gasteiger partial charge >= 0.3 is 12.0 Å². The van der Waals surface area contributed by atoms with Crippen molar-refractivity contribution in [3.63, 3.8) is 0 Å². The van der Waals surface area contributed by atoms with Crippen molar-refractivity contribution in [3.05, 3.63) is 29.8 Å². The number of carbonyl (C=O) groups excluding carboxylic acids is 4. The van der Waals surface area contributed by atoms with E-state index in [9.17, 15) is 19.2 Å². The third-order valence-electron chi connectivity index (χ3n) is 3.42. The monoisotopic (exact) mass is 364 g/mol. The summed E-state index contributed by atoms with van der Waals surface area (Å²) < 4.78 is 10.6. The fourth-order valence-electron chi connectivity index (χ4n) is 2.08. The Balaban J connectivity index is 2.39. The topological polar surface area (TPSA) is 125 Å². The molecule has 0 unspecified atom stereocenters. The number of urea groups is 1. The van der Waals surface area contributed by atoms with Crippen LogP contribution in [0.15, 0.2) is 24.3 Å².